The summed E-state index contributed by atoms with van der Waals surface area (Å²) in [5.41, 5.74) is 4.21. The zero-order valence-electron chi connectivity index (χ0n) is 9.33. The summed E-state index contributed by atoms with van der Waals surface area (Å²) < 4.78 is 1.12. The first-order valence-electron chi connectivity index (χ1n) is 5.32. The summed E-state index contributed by atoms with van der Waals surface area (Å²) in [7, 11) is 0. The molecule has 0 spiro atoms. The molecular weight excluding hydrogens is 252 g/mol. The standard InChI is InChI=1S/C12H19BrN2/c1-9(2)7-12(15-14)8-10-3-5-11(13)6-4-10/h3-6,9,12,15H,7-8,14H2,1-2H3. The van der Waals surface area contributed by atoms with Gasteiger partial charge in [-0.3, -0.25) is 11.3 Å². The van der Waals surface area contributed by atoms with Crippen LogP contribution in [0, 0.1) is 5.92 Å². The molecule has 1 rings (SSSR count). The van der Waals surface area contributed by atoms with Crippen molar-refractivity contribution in [1.29, 1.82) is 0 Å². The zero-order chi connectivity index (χ0) is 11.3. The highest BCUT2D eigenvalue weighted by Crippen LogP contribution is 2.14. The number of hydrogen-bond donors (Lipinski definition) is 2. The molecule has 1 unspecified atom stereocenters. The molecule has 0 saturated carbocycles. The van der Waals surface area contributed by atoms with Gasteiger partial charge in [-0.25, -0.2) is 0 Å². The van der Waals surface area contributed by atoms with Crippen LogP contribution in [0.4, 0.5) is 0 Å². The van der Waals surface area contributed by atoms with Crippen molar-refractivity contribution in [3.05, 3.63) is 34.3 Å². The van der Waals surface area contributed by atoms with Crippen LogP contribution in [-0.4, -0.2) is 6.04 Å². The van der Waals surface area contributed by atoms with E-state index in [2.05, 4.69) is 59.5 Å². The number of nitrogens with two attached hydrogens (primary N) is 1. The van der Waals surface area contributed by atoms with Crippen molar-refractivity contribution in [1.82, 2.24) is 5.43 Å². The third-order valence-corrected chi connectivity index (χ3v) is 2.92. The second kappa shape index (κ2) is 6.26. The van der Waals surface area contributed by atoms with Crippen molar-refractivity contribution >= 4 is 15.9 Å². The largest absolute Gasteiger partial charge is 0.271 e. The van der Waals surface area contributed by atoms with Crippen molar-refractivity contribution in [2.45, 2.75) is 32.7 Å². The van der Waals surface area contributed by atoms with Gasteiger partial charge < -0.3 is 0 Å². The maximum Gasteiger partial charge on any atom is 0.0253 e. The second-order valence-electron chi connectivity index (χ2n) is 4.32. The molecule has 3 N–H and O–H groups in total. The fraction of sp³-hybridized carbons (Fsp3) is 0.500. The Morgan fingerprint density at radius 2 is 1.87 bits per heavy atom. The monoisotopic (exact) mass is 270 g/mol. The molecule has 0 aliphatic rings. The molecule has 15 heavy (non-hydrogen) atoms. The minimum absolute atomic E-state index is 0.367. The van der Waals surface area contributed by atoms with E-state index in [1.54, 1.807) is 0 Å². The number of halogens is 1. The summed E-state index contributed by atoms with van der Waals surface area (Å²) in [6, 6.07) is 8.77. The van der Waals surface area contributed by atoms with Gasteiger partial charge in [0.25, 0.3) is 0 Å². The molecule has 1 atom stereocenters. The van der Waals surface area contributed by atoms with E-state index in [9.17, 15) is 0 Å². The highest BCUT2D eigenvalue weighted by Gasteiger charge is 2.09. The lowest BCUT2D eigenvalue weighted by Gasteiger charge is -2.17. The van der Waals surface area contributed by atoms with Crippen LogP contribution < -0.4 is 11.3 Å². The summed E-state index contributed by atoms with van der Waals surface area (Å²) in [5.74, 6) is 6.21. The zero-order valence-corrected chi connectivity index (χ0v) is 10.9. The first-order chi connectivity index (χ1) is 7.11. The van der Waals surface area contributed by atoms with E-state index in [-0.39, 0.29) is 0 Å². The molecule has 3 heteroatoms. The third kappa shape index (κ3) is 4.78. The van der Waals surface area contributed by atoms with Crippen LogP contribution in [0.1, 0.15) is 25.8 Å². The van der Waals surface area contributed by atoms with Crippen LogP contribution in [0.5, 0.6) is 0 Å². The third-order valence-electron chi connectivity index (χ3n) is 2.39. The average Bonchev–Trinajstić information content (AvgIpc) is 2.19. The van der Waals surface area contributed by atoms with E-state index < -0.39 is 0 Å². The number of nitrogens with one attached hydrogen (secondary N) is 1. The summed E-state index contributed by atoms with van der Waals surface area (Å²) in [6.45, 7) is 4.43. The van der Waals surface area contributed by atoms with Crippen LogP contribution in [0.15, 0.2) is 28.7 Å². The van der Waals surface area contributed by atoms with E-state index in [4.69, 9.17) is 5.84 Å². The first kappa shape index (κ1) is 12.7. The molecular formula is C12H19BrN2. The fourth-order valence-corrected chi connectivity index (χ4v) is 1.95. The number of benzene rings is 1. The quantitative estimate of drug-likeness (QED) is 0.638. The summed E-state index contributed by atoms with van der Waals surface area (Å²) in [4.78, 5) is 0. The molecule has 0 fully saturated rings. The van der Waals surface area contributed by atoms with E-state index >= 15 is 0 Å². The van der Waals surface area contributed by atoms with Gasteiger partial charge in [-0.15, -0.1) is 0 Å². The van der Waals surface area contributed by atoms with Crippen LogP contribution in [0.25, 0.3) is 0 Å². The molecule has 2 nitrogen and oxygen atoms in total. The summed E-state index contributed by atoms with van der Waals surface area (Å²) in [6.07, 6.45) is 2.09. The van der Waals surface area contributed by atoms with Gasteiger partial charge in [-0.2, -0.15) is 0 Å². The Morgan fingerprint density at radius 3 is 2.33 bits per heavy atom. The average molecular weight is 271 g/mol. The van der Waals surface area contributed by atoms with E-state index in [1.165, 1.54) is 5.56 Å². The maximum absolute atomic E-state index is 5.54. The van der Waals surface area contributed by atoms with Gasteiger partial charge in [0.1, 0.15) is 0 Å². The second-order valence-corrected chi connectivity index (χ2v) is 5.24. The van der Waals surface area contributed by atoms with Gasteiger partial charge in [0.2, 0.25) is 0 Å². The highest BCUT2D eigenvalue weighted by molar-refractivity contribution is 9.10. The van der Waals surface area contributed by atoms with E-state index in [0.717, 1.165) is 17.3 Å². The Labute approximate surface area is 100 Å². The number of hydrazine groups is 1. The SMILES string of the molecule is CC(C)CC(Cc1ccc(Br)cc1)NN. The Kier molecular flexibility index (Phi) is 5.29. The Morgan fingerprint density at radius 1 is 1.27 bits per heavy atom. The Balaban J connectivity index is 2.54. The molecule has 0 heterocycles. The molecule has 0 aromatic heterocycles. The minimum Gasteiger partial charge on any atom is -0.271 e. The fourth-order valence-electron chi connectivity index (χ4n) is 1.68. The van der Waals surface area contributed by atoms with Crippen molar-refractivity contribution in [2.75, 3.05) is 0 Å². The van der Waals surface area contributed by atoms with Gasteiger partial charge in [-0.1, -0.05) is 41.9 Å². The van der Waals surface area contributed by atoms with Crippen LogP contribution in [-0.2, 0) is 6.42 Å². The number of hydrogen-bond acceptors (Lipinski definition) is 2. The molecule has 84 valence electrons. The molecule has 0 radical (unpaired) electrons. The van der Waals surface area contributed by atoms with Crippen LogP contribution in [0.2, 0.25) is 0 Å². The highest BCUT2D eigenvalue weighted by atomic mass is 79.9. The predicted octanol–water partition coefficient (Wildman–Crippen LogP) is 2.87. The number of rotatable bonds is 5. The van der Waals surface area contributed by atoms with Crippen molar-refractivity contribution < 1.29 is 0 Å². The van der Waals surface area contributed by atoms with E-state index in [0.29, 0.717) is 12.0 Å². The summed E-state index contributed by atoms with van der Waals surface area (Å²) in [5, 5.41) is 0. The van der Waals surface area contributed by atoms with Crippen molar-refractivity contribution in [2.24, 2.45) is 11.8 Å². The molecule has 0 saturated heterocycles. The van der Waals surface area contributed by atoms with Crippen LogP contribution in [0.3, 0.4) is 0 Å². The van der Waals surface area contributed by atoms with Gasteiger partial charge >= 0.3 is 0 Å². The topological polar surface area (TPSA) is 38.0 Å². The predicted molar refractivity (Wildman–Crippen MR) is 68.4 cm³/mol. The molecule has 0 amide bonds. The lowest BCUT2D eigenvalue weighted by atomic mass is 9.98. The Bertz CT molecular complexity index is 282. The van der Waals surface area contributed by atoms with Gasteiger partial charge in [0.15, 0.2) is 0 Å². The first-order valence-corrected chi connectivity index (χ1v) is 6.11. The van der Waals surface area contributed by atoms with Gasteiger partial charge in [-0.05, 0) is 36.5 Å². The molecule has 0 bridgehead atoms. The summed E-state index contributed by atoms with van der Waals surface area (Å²) >= 11 is 3.43. The smallest absolute Gasteiger partial charge is 0.0253 e. The van der Waals surface area contributed by atoms with Gasteiger partial charge in [0.05, 0.1) is 0 Å². The van der Waals surface area contributed by atoms with Crippen molar-refractivity contribution in [3.8, 4) is 0 Å². The molecule has 0 aliphatic carbocycles. The normalized spacial score (nSPS) is 13.1. The molecule has 0 aliphatic heterocycles. The Hall–Kier alpha value is -0.380. The molecule has 1 aromatic carbocycles. The lowest BCUT2D eigenvalue weighted by molar-refractivity contribution is 0.423. The van der Waals surface area contributed by atoms with Crippen molar-refractivity contribution in [3.63, 3.8) is 0 Å². The van der Waals surface area contributed by atoms with E-state index in [1.807, 2.05) is 0 Å². The minimum atomic E-state index is 0.367. The lowest BCUT2D eigenvalue weighted by Crippen LogP contribution is -2.37. The maximum atomic E-state index is 5.54. The van der Waals surface area contributed by atoms with Crippen LogP contribution >= 0.6 is 15.9 Å². The molecule has 1 aromatic rings. The van der Waals surface area contributed by atoms with Gasteiger partial charge in [0, 0.05) is 10.5 Å².